The summed E-state index contributed by atoms with van der Waals surface area (Å²) in [5, 5.41) is 10.3. The van der Waals surface area contributed by atoms with Crippen LogP contribution in [0.25, 0.3) is 0 Å². The van der Waals surface area contributed by atoms with E-state index in [0.29, 0.717) is 24.5 Å². The highest BCUT2D eigenvalue weighted by Gasteiger charge is 2.01. The number of nitrogens with zero attached hydrogens (tertiary/aromatic N) is 3. The molecule has 0 saturated heterocycles. The number of nitriles is 1. The van der Waals surface area contributed by atoms with Crippen LogP contribution in [-0.4, -0.2) is 29.4 Å². The minimum atomic E-state index is 0.304. The van der Waals surface area contributed by atoms with Crippen molar-refractivity contribution in [1.82, 2.24) is 9.99 Å². The number of hydrogen-bond donors (Lipinski definition) is 1. The smallest absolute Gasteiger partial charge is 0.140 e. The second kappa shape index (κ2) is 5.73. The quantitative estimate of drug-likeness (QED) is 0.567. The van der Waals surface area contributed by atoms with Gasteiger partial charge in [-0.05, 0) is 12.1 Å². The zero-order valence-corrected chi connectivity index (χ0v) is 8.47. The lowest BCUT2D eigenvalue weighted by atomic mass is 10.3. The Bertz CT molecular complexity index is 355. The standard InChI is InChI=1S/C10H12N4O/c1-2-14(5-6-15)13-10-4-3-9(7-11)8-12-10/h3-4,6,8H,2,5H2,1H3,(H,12,13). The summed E-state index contributed by atoms with van der Waals surface area (Å²) in [4.78, 5) is 14.3. The molecule has 0 bridgehead atoms. The molecule has 0 aliphatic heterocycles. The number of nitrogens with one attached hydrogen (secondary N) is 1. The zero-order chi connectivity index (χ0) is 11.1. The normalized spacial score (nSPS) is 9.67. The summed E-state index contributed by atoms with van der Waals surface area (Å²) in [7, 11) is 0. The van der Waals surface area contributed by atoms with Crippen molar-refractivity contribution >= 4 is 12.1 Å². The van der Waals surface area contributed by atoms with Crippen LogP contribution in [0.15, 0.2) is 18.3 Å². The van der Waals surface area contributed by atoms with Gasteiger partial charge in [-0.1, -0.05) is 6.92 Å². The number of aromatic nitrogens is 1. The number of likely N-dealkylation sites (N-methyl/N-ethyl adjacent to an activating group) is 1. The molecule has 0 unspecified atom stereocenters. The third-order valence-corrected chi connectivity index (χ3v) is 1.84. The maximum Gasteiger partial charge on any atom is 0.140 e. The molecule has 0 aliphatic rings. The Morgan fingerprint density at radius 3 is 2.93 bits per heavy atom. The largest absolute Gasteiger partial charge is 0.303 e. The number of hydrogen-bond acceptors (Lipinski definition) is 5. The average Bonchev–Trinajstić information content (AvgIpc) is 2.29. The van der Waals surface area contributed by atoms with Crippen molar-refractivity contribution in [2.45, 2.75) is 6.92 Å². The molecule has 78 valence electrons. The predicted molar refractivity (Wildman–Crippen MR) is 55.9 cm³/mol. The summed E-state index contributed by atoms with van der Waals surface area (Å²) in [6, 6.07) is 5.36. The predicted octanol–water partition coefficient (Wildman–Crippen LogP) is 0.801. The van der Waals surface area contributed by atoms with Crippen molar-refractivity contribution in [3.63, 3.8) is 0 Å². The molecule has 0 amide bonds. The van der Waals surface area contributed by atoms with Gasteiger partial charge in [-0.15, -0.1) is 0 Å². The summed E-state index contributed by atoms with van der Waals surface area (Å²) in [5.41, 5.74) is 3.48. The molecule has 1 aromatic heterocycles. The number of hydrazine groups is 1. The molecule has 0 aliphatic carbocycles. The van der Waals surface area contributed by atoms with E-state index < -0.39 is 0 Å². The van der Waals surface area contributed by atoms with Crippen molar-refractivity contribution in [2.24, 2.45) is 0 Å². The highest BCUT2D eigenvalue weighted by Crippen LogP contribution is 2.04. The molecule has 5 nitrogen and oxygen atoms in total. The van der Waals surface area contributed by atoms with E-state index in [1.54, 1.807) is 17.1 Å². The van der Waals surface area contributed by atoms with Crippen molar-refractivity contribution in [3.05, 3.63) is 23.9 Å². The van der Waals surface area contributed by atoms with Gasteiger partial charge < -0.3 is 10.2 Å². The van der Waals surface area contributed by atoms with E-state index in [-0.39, 0.29) is 0 Å². The van der Waals surface area contributed by atoms with Crippen LogP contribution in [0.3, 0.4) is 0 Å². The van der Waals surface area contributed by atoms with Crippen molar-refractivity contribution < 1.29 is 4.79 Å². The molecule has 1 rings (SSSR count). The van der Waals surface area contributed by atoms with Crippen molar-refractivity contribution in [1.29, 1.82) is 5.26 Å². The van der Waals surface area contributed by atoms with E-state index in [2.05, 4.69) is 10.4 Å². The number of pyridine rings is 1. The van der Waals surface area contributed by atoms with Crippen LogP contribution in [0, 0.1) is 11.3 Å². The molecule has 0 fully saturated rings. The first-order valence-electron chi connectivity index (χ1n) is 4.61. The average molecular weight is 204 g/mol. The highest BCUT2D eigenvalue weighted by atomic mass is 16.1. The second-order valence-corrected chi connectivity index (χ2v) is 2.86. The minimum Gasteiger partial charge on any atom is -0.303 e. The van der Waals surface area contributed by atoms with Gasteiger partial charge >= 0.3 is 0 Å². The molecule has 0 spiro atoms. The van der Waals surface area contributed by atoms with Crippen molar-refractivity contribution in [2.75, 3.05) is 18.5 Å². The molecular weight excluding hydrogens is 192 g/mol. The molecule has 1 heterocycles. The van der Waals surface area contributed by atoms with Gasteiger partial charge in [0.2, 0.25) is 0 Å². The Hall–Kier alpha value is -1.93. The summed E-state index contributed by atoms with van der Waals surface area (Å²) < 4.78 is 0. The lowest BCUT2D eigenvalue weighted by molar-refractivity contribution is -0.108. The third-order valence-electron chi connectivity index (χ3n) is 1.84. The highest BCUT2D eigenvalue weighted by molar-refractivity contribution is 5.52. The summed E-state index contributed by atoms with van der Waals surface area (Å²) in [6.07, 6.45) is 2.30. The maximum atomic E-state index is 10.3. The van der Waals surface area contributed by atoms with Gasteiger partial charge in [0.15, 0.2) is 0 Å². The molecule has 0 radical (unpaired) electrons. The maximum absolute atomic E-state index is 10.3. The summed E-state index contributed by atoms with van der Waals surface area (Å²) in [5.74, 6) is 0.623. The fourth-order valence-electron chi connectivity index (χ4n) is 1.03. The number of anilines is 1. The number of rotatable bonds is 5. The fraction of sp³-hybridized carbons (Fsp3) is 0.300. The van der Waals surface area contributed by atoms with Crippen LogP contribution in [0.5, 0.6) is 0 Å². The van der Waals surface area contributed by atoms with Gasteiger partial charge in [-0.3, -0.25) is 0 Å². The summed E-state index contributed by atoms with van der Waals surface area (Å²) in [6.45, 7) is 2.93. The Kier molecular flexibility index (Phi) is 4.26. The van der Waals surface area contributed by atoms with Crippen LogP contribution in [0.1, 0.15) is 12.5 Å². The van der Waals surface area contributed by atoms with E-state index >= 15 is 0 Å². The third kappa shape index (κ3) is 3.37. The molecule has 0 saturated carbocycles. The monoisotopic (exact) mass is 204 g/mol. The Balaban J connectivity index is 2.63. The van der Waals surface area contributed by atoms with E-state index in [4.69, 9.17) is 5.26 Å². The number of carbonyl (C=O) groups is 1. The number of aldehydes is 1. The first-order valence-corrected chi connectivity index (χ1v) is 4.61. The van der Waals surface area contributed by atoms with E-state index in [1.165, 1.54) is 6.20 Å². The fourth-order valence-corrected chi connectivity index (χ4v) is 1.03. The minimum absolute atomic E-state index is 0.304. The van der Waals surface area contributed by atoms with Crippen LogP contribution >= 0.6 is 0 Å². The summed E-state index contributed by atoms with van der Waals surface area (Å²) >= 11 is 0. The molecule has 0 atom stereocenters. The van der Waals surface area contributed by atoms with E-state index in [1.807, 2.05) is 13.0 Å². The zero-order valence-electron chi connectivity index (χ0n) is 8.47. The van der Waals surface area contributed by atoms with Gasteiger partial charge in [-0.2, -0.15) is 5.26 Å². The molecule has 1 N–H and O–H groups in total. The number of carbonyl (C=O) groups excluding carboxylic acids is 1. The van der Waals surface area contributed by atoms with Crippen LogP contribution in [-0.2, 0) is 4.79 Å². The van der Waals surface area contributed by atoms with Gasteiger partial charge in [0.05, 0.1) is 12.1 Å². The molecule has 15 heavy (non-hydrogen) atoms. The Morgan fingerprint density at radius 2 is 2.47 bits per heavy atom. The van der Waals surface area contributed by atoms with E-state index in [0.717, 1.165) is 6.29 Å². The van der Waals surface area contributed by atoms with Crippen LogP contribution < -0.4 is 5.43 Å². The van der Waals surface area contributed by atoms with Gasteiger partial charge in [-0.25, -0.2) is 9.99 Å². The topological polar surface area (TPSA) is 69.0 Å². The second-order valence-electron chi connectivity index (χ2n) is 2.86. The molecule has 1 aromatic rings. The lowest BCUT2D eigenvalue weighted by Crippen LogP contribution is -2.31. The van der Waals surface area contributed by atoms with Gasteiger partial charge in [0, 0.05) is 12.7 Å². The van der Waals surface area contributed by atoms with Gasteiger partial charge in [0.1, 0.15) is 18.2 Å². The first kappa shape index (κ1) is 11.1. The van der Waals surface area contributed by atoms with Crippen LogP contribution in [0.4, 0.5) is 5.82 Å². The van der Waals surface area contributed by atoms with Crippen LogP contribution in [0.2, 0.25) is 0 Å². The first-order chi connectivity index (χ1) is 7.30. The Labute approximate surface area is 88.3 Å². The van der Waals surface area contributed by atoms with E-state index in [9.17, 15) is 4.79 Å². The molecular formula is C10H12N4O. The molecule has 5 heteroatoms. The molecule has 0 aromatic carbocycles. The van der Waals surface area contributed by atoms with Crippen molar-refractivity contribution in [3.8, 4) is 6.07 Å². The van der Waals surface area contributed by atoms with Gasteiger partial charge in [0.25, 0.3) is 0 Å². The SMILES string of the molecule is CCN(CC=O)Nc1ccc(C#N)cn1. The Morgan fingerprint density at radius 1 is 1.67 bits per heavy atom. The lowest BCUT2D eigenvalue weighted by Gasteiger charge is -2.18.